The molecule has 2 aromatic carbocycles. The number of aromatic nitrogens is 6. The third kappa shape index (κ3) is 4.54. The minimum absolute atomic E-state index is 0.0272. The molecule has 1 aliphatic rings. The standard InChI is InChI=1S/C26H23F2N7O3/c1-14(13-36)34-12-16-10-15(2-9-20(16)33-34)22-24(37)35(18-5-7-19(8-6-18)38-25(27)28)23-21(31-22)11-29-26(32-23)30-17-3-4-17/h2,5-12,14,17,25,36H,3-4,13H2,1H3,(H,29,30,32). The minimum Gasteiger partial charge on any atom is -0.435 e. The van der Waals surface area contributed by atoms with Gasteiger partial charge in [0.2, 0.25) is 5.95 Å². The molecule has 1 unspecified atom stereocenters. The van der Waals surface area contributed by atoms with Gasteiger partial charge in [0.15, 0.2) is 5.65 Å². The Morgan fingerprint density at radius 3 is 2.63 bits per heavy atom. The topological polar surface area (TPSA) is 120 Å². The number of hydrogen-bond acceptors (Lipinski definition) is 8. The molecule has 1 fully saturated rings. The third-order valence-corrected chi connectivity index (χ3v) is 6.34. The molecule has 3 aromatic heterocycles. The number of ether oxygens (including phenoxy) is 1. The van der Waals surface area contributed by atoms with Crippen molar-refractivity contribution in [3.63, 3.8) is 0 Å². The minimum atomic E-state index is -2.96. The lowest BCUT2D eigenvalue weighted by Crippen LogP contribution is -2.23. The average Bonchev–Trinajstić information content (AvgIpc) is 3.62. The predicted octanol–water partition coefficient (Wildman–Crippen LogP) is 3.92. The molecule has 0 spiro atoms. The fourth-order valence-corrected chi connectivity index (χ4v) is 4.17. The maximum atomic E-state index is 13.9. The molecule has 0 bridgehead atoms. The van der Waals surface area contributed by atoms with Crippen molar-refractivity contribution in [3.8, 4) is 22.7 Å². The number of aliphatic hydroxyl groups is 1. The summed E-state index contributed by atoms with van der Waals surface area (Å²) in [6, 6.07) is 11.2. The van der Waals surface area contributed by atoms with E-state index in [2.05, 4.69) is 30.1 Å². The van der Waals surface area contributed by atoms with Gasteiger partial charge in [0, 0.05) is 23.2 Å². The lowest BCUT2D eigenvalue weighted by molar-refractivity contribution is -0.0498. The van der Waals surface area contributed by atoms with Crippen LogP contribution in [0.2, 0.25) is 0 Å². The van der Waals surface area contributed by atoms with Gasteiger partial charge in [0.25, 0.3) is 5.56 Å². The van der Waals surface area contributed by atoms with Gasteiger partial charge < -0.3 is 15.2 Å². The van der Waals surface area contributed by atoms with Crippen molar-refractivity contribution in [1.82, 2.24) is 29.3 Å². The van der Waals surface area contributed by atoms with E-state index in [1.807, 2.05) is 13.0 Å². The van der Waals surface area contributed by atoms with E-state index >= 15 is 0 Å². The molecule has 194 valence electrons. The Kier molecular flexibility index (Phi) is 5.95. The lowest BCUT2D eigenvalue weighted by atomic mass is 10.1. The highest BCUT2D eigenvalue weighted by Gasteiger charge is 2.23. The first kappa shape index (κ1) is 23.9. The summed E-state index contributed by atoms with van der Waals surface area (Å²) in [5.41, 5.74) is 2.08. The molecular weight excluding hydrogens is 496 g/mol. The van der Waals surface area contributed by atoms with E-state index < -0.39 is 12.2 Å². The summed E-state index contributed by atoms with van der Waals surface area (Å²) in [5, 5.41) is 18.0. The summed E-state index contributed by atoms with van der Waals surface area (Å²) >= 11 is 0. The highest BCUT2D eigenvalue weighted by molar-refractivity contribution is 5.85. The highest BCUT2D eigenvalue weighted by atomic mass is 19.3. The first-order chi connectivity index (χ1) is 18.4. The molecule has 1 saturated carbocycles. The summed E-state index contributed by atoms with van der Waals surface area (Å²) in [4.78, 5) is 27.5. The Hall–Kier alpha value is -4.45. The molecule has 5 aromatic rings. The van der Waals surface area contributed by atoms with E-state index in [9.17, 15) is 18.7 Å². The maximum Gasteiger partial charge on any atom is 0.387 e. The molecule has 10 nitrogen and oxygen atoms in total. The normalized spacial score (nSPS) is 14.3. The molecule has 12 heteroatoms. The van der Waals surface area contributed by atoms with Gasteiger partial charge in [-0.3, -0.25) is 14.0 Å². The second kappa shape index (κ2) is 9.45. The van der Waals surface area contributed by atoms with Gasteiger partial charge in [-0.2, -0.15) is 18.9 Å². The Bertz CT molecular complexity index is 1700. The van der Waals surface area contributed by atoms with Crippen LogP contribution in [0.3, 0.4) is 0 Å². The number of anilines is 1. The maximum absolute atomic E-state index is 13.9. The monoisotopic (exact) mass is 519 g/mol. The van der Waals surface area contributed by atoms with Gasteiger partial charge in [-0.05, 0) is 56.2 Å². The molecule has 0 aliphatic heterocycles. The Morgan fingerprint density at radius 2 is 1.92 bits per heavy atom. The molecular formula is C26H23F2N7O3. The van der Waals surface area contributed by atoms with Crippen LogP contribution in [0.4, 0.5) is 14.7 Å². The molecule has 6 rings (SSSR count). The van der Waals surface area contributed by atoms with Crippen LogP contribution >= 0.6 is 0 Å². The van der Waals surface area contributed by atoms with E-state index in [4.69, 9.17) is 0 Å². The second-order valence-electron chi connectivity index (χ2n) is 9.21. The van der Waals surface area contributed by atoms with E-state index in [-0.39, 0.29) is 29.7 Å². The van der Waals surface area contributed by atoms with Crippen molar-refractivity contribution >= 4 is 28.0 Å². The SMILES string of the molecule is CC(CO)n1cc2cc(-c3nc4cnc(NC5CC5)nc4n(-c4ccc(OC(F)F)cc4)c3=O)ccc2n1. The van der Waals surface area contributed by atoms with E-state index in [0.717, 1.165) is 18.2 Å². The number of fused-ring (bicyclic) bond motifs is 2. The summed E-state index contributed by atoms with van der Waals surface area (Å²) in [5.74, 6) is 0.355. The van der Waals surface area contributed by atoms with Gasteiger partial charge in [-0.1, -0.05) is 6.07 Å². The van der Waals surface area contributed by atoms with Gasteiger partial charge in [0.05, 0.1) is 30.0 Å². The zero-order valence-corrected chi connectivity index (χ0v) is 20.3. The second-order valence-corrected chi connectivity index (χ2v) is 9.21. The molecule has 1 aliphatic carbocycles. The number of aliphatic hydroxyl groups excluding tert-OH is 1. The lowest BCUT2D eigenvalue weighted by Gasteiger charge is -2.13. The molecule has 38 heavy (non-hydrogen) atoms. The van der Waals surface area contributed by atoms with Crippen molar-refractivity contribution in [2.45, 2.75) is 38.5 Å². The fraction of sp³-hybridized carbons (Fsp3) is 0.269. The number of hydrogen-bond donors (Lipinski definition) is 2. The smallest absolute Gasteiger partial charge is 0.387 e. The summed E-state index contributed by atoms with van der Waals surface area (Å²) in [7, 11) is 0. The van der Waals surface area contributed by atoms with Crippen LogP contribution in [0.5, 0.6) is 5.75 Å². The third-order valence-electron chi connectivity index (χ3n) is 6.34. The fourth-order valence-electron chi connectivity index (χ4n) is 4.17. The Labute approximate surface area is 214 Å². The average molecular weight is 520 g/mol. The van der Waals surface area contributed by atoms with Gasteiger partial charge in [-0.15, -0.1) is 0 Å². The van der Waals surface area contributed by atoms with Crippen molar-refractivity contribution in [1.29, 1.82) is 0 Å². The quantitative estimate of drug-likeness (QED) is 0.317. The highest BCUT2D eigenvalue weighted by Crippen LogP contribution is 2.27. The van der Waals surface area contributed by atoms with Crippen molar-refractivity contribution < 1.29 is 18.6 Å². The van der Waals surface area contributed by atoms with Crippen LogP contribution in [0.15, 0.2) is 59.7 Å². The van der Waals surface area contributed by atoms with E-state index in [1.165, 1.54) is 28.8 Å². The van der Waals surface area contributed by atoms with Crippen molar-refractivity contribution in [3.05, 3.63) is 65.2 Å². The largest absolute Gasteiger partial charge is 0.435 e. The molecule has 0 amide bonds. The summed E-state index contributed by atoms with van der Waals surface area (Å²) in [6.07, 6.45) is 5.40. The van der Waals surface area contributed by atoms with Gasteiger partial charge in [0.1, 0.15) is 17.0 Å². The molecule has 1 atom stereocenters. The number of nitrogens with one attached hydrogen (secondary N) is 1. The van der Waals surface area contributed by atoms with Crippen molar-refractivity contribution in [2.24, 2.45) is 0 Å². The zero-order valence-electron chi connectivity index (χ0n) is 20.3. The van der Waals surface area contributed by atoms with Gasteiger partial charge in [-0.25, -0.2) is 9.97 Å². The van der Waals surface area contributed by atoms with E-state index in [1.54, 1.807) is 29.2 Å². The Morgan fingerprint density at radius 1 is 1.13 bits per heavy atom. The molecule has 0 saturated heterocycles. The van der Waals surface area contributed by atoms with Crippen molar-refractivity contribution in [2.75, 3.05) is 11.9 Å². The van der Waals surface area contributed by atoms with Crippen LogP contribution in [-0.4, -0.2) is 53.7 Å². The number of halogens is 2. The van der Waals surface area contributed by atoms with Crippen LogP contribution in [0, 0.1) is 0 Å². The first-order valence-electron chi connectivity index (χ1n) is 12.1. The number of alkyl halides is 2. The number of rotatable bonds is 8. The molecule has 2 N–H and O–H groups in total. The zero-order chi connectivity index (χ0) is 26.4. The summed E-state index contributed by atoms with van der Waals surface area (Å²) < 4.78 is 32.8. The van der Waals surface area contributed by atoms with Crippen LogP contribution in [0.25, 0.3) is 39.0 Å². The molecule has 0 radical (unpaired) electrons. The van der Waals surface area contributed by atoms with Crippen LogP contribution in [-0.2, 0) is 0 Å². The Balaban J connectivity index is 1.51. The van der Waals surface area contributed by atoms with Gasteiger partial charge >= 0.3 is 6.61 Å². The number of nitrogens with zero attached hydrogens (tertiary/aromatic N) is 6. The van der Waals surface area contributed by atoms with Crippen LogP contribution < -0.4 is 15.6 Å². The number of benzene rings is 2. The molecule has 3 heterocycles. The van der Waals surface area contributed by atoms with Crippen LogP contribution in [0.1, 0.15) is 25.8 Å². The summed E-state index contributed by atoms with van der Waals surface area (Å²) in [6.45, 7) is -1.17. The van der Waals surface area contributed by atoms with E-state index in [0.29, 0.717) is 34.3 Å². The predicted molar refractivity (Wildman–Crippen MR) is 137 cm³/mol. The first-order valence-corrected chi connectivity index (χ1v) is 12.1.